The molecule has 4 N–H and O–H groups in total. The number of alkyl carbamates (subject to hydrolysis) is 2. The van der Waals surface area contributed by atoms with E-state index in [1.54, 1.807) is 0 Å². The number of fused-ring (bicyclic) bond motifs is 4. The lowest BCUT2D eigenvalue weighted by atomic mass is 9.96. The lowest BCUT2D eigenvalue weighted by molar-refractivity contribution is 0.0485. The van der Waals surface area contributed by atoms with E-state index in [0.717, 1.165) is 12.8 Å². The number of hydrogen-bond acceptors (Lipinski definition) is 6. The number of halogens is 2. The molecule has 4 saturated heterocycles. The number of amides is 2. The summed E-state index contributed by atoms with van der Waals surface area (Å²) in [6.45, 7) is 11.3. The zero-order valence-corrected chi connectivity index (χ0v) is 21.8. The highest BCUT2D eigenvalue weighted by Crippen LogP contribution is 2.29. The highest BCUT2D eigenvalue weighted by molar-refractivity contribution is 5.85. The van der Waals surface area contributed by atoms with Gasteiger partial charge in [-0.15, -0.1) is 24.8 Å². The third-order valence-electron chi connectivity index (χ3n) is 6.00. The van der Waals surface area contributed by atoms with Gasteiger partial charge in [0.25, 0.3) is 0 Å². The lowest BCUT2D eigenvalue weighted by Gasteiger charge is -2.25. The first-order valence-corrected chi connectivity index (χ1v) is 11.4. The number of ether oxygens (including phenoxy) is 2. The molecule has 4 heterocycles. The second-order valence-corrected chi connectivity index (χ2v) is 11.1. The van der Waals surface area contributed by atoms with Crippen LogP contribution in [0.3, 0.4) is 0 Å². The van der Waals surface area contributed by atoms with E-state index in [-0.39, 0.29) is 49.1 Å². The average Bonchev–Trinajstić information content (AvgIpc) is 3.32. The van der Waals surface area contributed by atoms with Crippen LogP contribution in [0.4, 0.5) is 9.59 Å². The summed E-state index contributed by atoms with van der Waals surface area (Å²) in [6, 6.07) is 2.66. The Morgan fingerprint density at radius 3 is 1.25 bits per heavy atom. The van der Waals surface area contributed by atoms with Crippen LogP contribution in [0.5, 0.6) is 0 Å². The fraction of sp³-hybridized carbons (Fsp3) is 0.909. The van der Waals surface area contributed by atoms with E-state index in [1.165, 1.54) is 25.7 Å². The molecule has 4 aliphatic heterocycles. The molecule has 4 bridgehead atoms. The minimum atomic E-state index is -0.408. The van der Waals surface area contributed by atoms with Gasteiger partial charge in [-0.3, -0.25) is 0 Å². The van der Waals surface area contributed by atoms with Gasteiger partial charge in [-0.2, -0.15) is 0 Å². The molecule has 0 radical (unpaired) electrons. The summed E-state index contributed by atoms with van der Waals surface area (Å²) in [6.07, 6.45) is 6.35. The van der Waals surface area contributed by atoms with Crippen molar-refractivity contribution in [2.24, 2.45) is 0 Å². The molecular weight excluding hydrogens is 455 g/mol. The predicted molar refractivity (Wildman–Crippen MR) is 130 cm³/mol. The Balaban J connectivity index is 0.000000301. The first kappa shape index (κ1) is 29.1. The molecule has 10 heteroatoms. The largest absolute Gasteiger partial charge is 0.444 e. The Kier molecular flexibility index (Phi) is 10.4. The van der Waals surface area contributed by atoms with Crippen molar-refractivity contribution in [3.8, 4) is 0 Å². The molecule has 0 saturated carbocycles. The van der Waals surface area contributed by atoms with E-state index in [9.17, 15) is 9.59 Å². The molecule has 0 unspecified atom stereocenters. The standard InChI is InChI=1S/2C11H20N2O2.2ClH/c2*1-11(2,3)15-10(14)13-9-6-7-4-5-8(9)12-7;;/h2*7-9,12H,4-6H2,1-3H3,(H,13,14);2*1H/t2*7-,8+,9-;;/m10../s1. The van der Waals surface area contributed by atoms with Gasteiger partial charge in [0.2, 0.25) is 0 Å². The molecule has 0 spiro atoms. The molecule has 8 nitrogen and oxygen atoms in total. The lowest BCUT2D eigenvalue weighted by Crippen LogP contribution is -2.45. The third-order valence-corrected chi connectivity index (χ3v) is 6.00. The Labute approximate surface area is 204 Å². The SMILES string of the molecule is CC(C)(C)OC(=O)N[C@@H]1C[C@H]2CC[C@@H]1N2.CC(C)(C)OC(=O)N[C@H]1C[C@@H]2CC[C@H]1N2.Cl.Cl. The maximum Gasteiger partial charge on any atom is 0.407 e. The summed E-state index contributed by atoms with van der Waals surface area (Å²) in [7, 11) is 0. The first-order valence-electron chi connectivity index (χ1n) is 11.4. The topological polar surface area (TPSA) is 101 Å². The van der Waals surface area contributed by atoms with Crippen LogP contribution in [-0.4, -0.2) is 59.6 Å². The van der Waals surface area contributed by atoms with Gasteiger partial charge in [0, 0.05) is 36.3 Å². The molecule has 4 rings (SSSR count). The van der Waals surface area contributed by atoms with Crippen LogP contribution in [0.2, 0.25) is 0 Å². The highest BCUT2D eigenvalue weighted by Gasteiger charge is 2.41. The Morgan fingerprint density at radius 1 is 0.688 bits per heavy atom. The van der Waals surface area contributed by atoms with Crippen molar-refractivity contribution in [1.82, 2.24) is 21.3 Å². The molecule has 6 atom stereocenters. The maximum atomic E-state index is 11.5. The van der Waals surface area contributed by atoms with Crippen LogP contribution in [0.15, 0.2) is 0 Å². The third kappa shape index (κ3) is 8.76. The molecule has 2 amide bonds. The van der Waals surface area contributed by atoms with Crippen LogP contribution in [-0.2, 0) is 9.47 Å². The van der Waals surface area contributed by atoms with Crippen molar-refractivity contribution in [2.45, 2.75) is 128 Å². The zero-order valence-electron chi connectivity index (χ0n) is 20.2. The number of carbonyl (C=O) groups excluding carboxylic acids is 2. The van der Waals surface area contributed by atoms with Crippen molar-refractivity contribution in [1.29, 1.82) is 0 Å². The predicted octanol–water partition coefficient (Wildman–Crippen LogP) is 3.65. The molecule has 32 heavy (non-hydrogen) atoms. The van der Waals surface area contributed by atoms with E-state index in [0.29, 0.717) is 24.2 Å². The van der Waals surface area contributed by atoms with Gasteiger partial charge < -0.3 is 30.7 Å². The second kappa shape index (κ2) is 11.4. The van der Waals surface area contributed by atoms with Gasteiger partial charge in [-0.1, -0.05) is 0 Å². The fourth-order valence-corrected chi connectivity index (χ4v) is 4.89. The quantitative estimate of drug-likeness (QED) is 0.465. The van der Waals surface area contributed by atoms with Crippen molar-refractivity contribution in [3.63, 3.8) is 0 Å². The summed E-state index contributed by atoms with van der Waals surface area (Å²) in [5.41, 5.74) is -0.815. The van der Waals surface area contributed by atoms with Crippen LogP contribution >= 0.6 is 24.8 Å². The van der Waals surface area contributed by atoms with E-state index >= 15 is 0 Å². The zero-order chi connectivity index (χ0) is 22.1. The second-order valence-electron chi connectivity index (χ2n) is 11.1. The Bertz CT molecular complexity index is 584. The summed E-state index contributed by atoms with van der Waals surface area (Å²) in [4.78, 5) is 23.1. The highest BCUT2D eigenvalue weighted by atomic mass is 35.5. The Hall–Kier alpha value is -0.960. The van der Waals surface area contributed by atoms with Crippen molar-refractivity contribution < 1.29 is 19.1 Å². The normalized spacial score (nSPS) is 32.1. The van der Waals surface area contributed by atoms with E-state index < -0.39 is 11.2 Å². The van der Waals surface area contributed by atoms with Gasteiger partial charge in [0.05, 0.1) is 0 Å². The van der Waals surface area contributed by atoms with Crippen LogP contribution in [0, 0.1) is 0 Å². The number of rotatable bonds is 2. The van der Waals surface area contributed by atoms with Gasteiger partial charge in [-0.25, -0.2) is 9.59 Å². The van der Waals surface area contributed by atoms with Gasteiger partial charge in [-0.05, 0) is 80.1 Å². The number of carbonyl (C=O) groups is 2. The molecule has 0 aliphatic carbocycles. The molecular formula is C22H42Cl2N4O4. The first-order chi connectivity index (χ1) is 13.9. The van der Waals surface area contributed by atoms with Gasteiger partial charge >= 0.3 is 12.2 Å². The maximum absolute atomic E-state index is 11.5. The molecule has 0 aromatic heterocycles. The number of nitrogens with one attached hydrogen (secondary N) is 4. The summed E-state index contributed by atoms with van der Waals surface area (Å²) in [5.74, 6) is 0. The monoisotopic (exact) mass is 496 g/mol. The molecule has 188 valence electrons. The van der Waals surface area contributed by atoms with Crippen LogP contribution in [0.1, 0.15) is 80.1 Å². The van der Waals surface area contributed by atoms with Gasteiger partial charge in [0.15, 0.2) is 0 Å². The van der Waals surface area contributed by atoms with E-state index in [1.807, 2.05) is 41.5 Å². The van der Waals surface area contributed by atoms with Crippen molar-refractivity contribution in [2.75, 3.05) is 0 Å². The molecule has 4 fully saturated rings. The Morgan fingerprint density at radius 2 is 1.03 bits per heavy atom. The van der Waals surface area contributed by atoms with E-state index in [4.69, 9.17) is 9.47 Å². The van der Waals surface area contributed by atoms with Crippen molar-refractivity contribution >= 4 is 37.0 Å². The van der Waals surface area contributed by atoms with Gasteiger partial charge in [0.1, 0.15) is 11.2 Å². The smallest absolute Gasteiger partial charge is 0.407 e. The molecule has 0 aromatic rings. The molecule has 4 aliphatic rings. The summed E-state index contributed by atoms with van der Waals surface area (Å²) >= 11 is 0. The van der Waals surface area contributed by atoms with Crippen LogP contribution < -0.4 is 21.3 Å². The summed E-state index contributed by atoms with van der Waals surface area (Å²) < 4.78 is 10.5. The number of hydrogen-bond donors (Lipinski definition) is 4. The minimum absolute atomic E-state index is 0. The van der Waals surface area contributed by atoms with Crippen LogP contribution in [0.25, 0.3) is 0 Å². The molecule has 0 aromatic carbocycles. The minimum Gasteiger partial charge on any atom is -0.444 e. The van der Waals surface area contributed by atoms with Crippen molar-refractivity contribution in [3.05, 3.63) is 0 Å². The van der Waals surface area contributed by atoms with E-state index in [2.05, 4.69) is 21.3 Å². The average molecular weight is 498 g/mol. The summed E-state index contributed by atoms with van der Waals surface area (Å²) in [5, 5.41) is 12.8. The fourth-order valence-electron chi connectivity index (χ4n) is 4.89.